The minimum atomic E-state index is -0.356. The fourth-order valence-corrected chi connectivity index (χ4v) is 9.05. The normalized spacial score (nSPS) is 28.4. The van der Waals surface area contributed by atoms with E-state index >= 15 is 0 Å². The molecule has 6 heteroatoms. The molecule has 2 saturated carbocycles. The number of rotatable bonds is 6. The third kappa shape index (κ3) is 5.75. The predicted octanol–water partition coefficient (Wildman–Crippen LogP) is 6.08. The van der Waals surface area contributed by atoms with Crippen molar-refractivity contribution in [2.45, 2.75) is 96.7 Å². The van der Waals surface area contributed by atoms with Crippen molar-refractivity contribution in [1.29, 1.82) is 0 Å². The Bertz CT molecular complexity index is 1210. The number of benzene rings is 2. The van der Waals surface area contributed by atoms with Crippen molar-refractivity contribution in [1.82, 2.24) is 0 Å². The molecule has 2 aromatic rings. The van der Waals surface area contributed by atoms with Crippen LogP contribution in [0.15, 0.2) is 36.7 Å². The highest BCUT2D eigenvalue weighted by molar-refractivity contribution is 8.14. The number of Topliss-reactive ketones (excluding diaryl/α,β-unsaturated/α-hetero) is 1. The average molecular weight is 563 g/mol. The van der Waals surface area contributed by atoms with Crippen molar-refractivity contribution in [2.24, 2.45) is 11.8 Å². The van der Waals surface area contributed by atoms with Crippen LogP contribution in [-0.2, 0) is 22.2 Å². The van der Waals surface area contributed by atoms with E-state index in [0.29, 0.717) is 5.12 Å². The maximum absolute atomic E-state index is 14.5. The van der Waals surface area contributed by atoms with E-state index in [1.165, 1.54) is 50.8 Å². The molecular weight excluding hydrogens is 521 g/mol. The summed E-state index contributed by atoms with van der Waals surface area (Å²) in [5.41, 5.74) is 9.61. The Morgan fingerprint density at radius 3 is 2.00 bits per heavy atom. The molecule has 208 valence electrons. The zero-order valence-corrected chi connectivity index (χ0v) is 25.8. The summed E-state index contributed by atoms with van der Waals surface area (Å²) in [6.45, 7) is 12.9. The van der Waals surface area contributed by atoms with Gasteiger partial charge < -0.3 is 12.6 Å². The molecule has 1 heterocycles. The SMILES string of the molecule is Cc1cc(C)c(N2C=C[NH+](c3c(C)cc(C)cc3C)C2C(=O)[C@H]2CC[C@@H](SC(=O)[C@@H]3CC[C@H]([S-])C3)C2)c(C)c1. The van der Waals surface area contributed by atoms with Crippen molar-refractivity contribution in [2.75, 3.05) is 4.90 Å². The number of aryl methyl sites for hydroxylation is 6. The van der Waals surface area contributed by atoms with Gasteiger partial charge in [-0.3, -0.25) is 14.5 Å². The van der Waals surface area contributed by atoms with E-state index < -0.39 is 0 Å². The van der Waals surface area contributed by atoms with Crippen LogP contribution in [0.3, 0.4) is 0 Å². The van der Waals surface area contributed by atoms with Crippen LogP contribution in [-0.4, -0.2) is 27.6 Å². The maximum atomic E-state index is 14.5. The zero-order chi connectivity index (χ0) is 28.0. The highest BCUT2D eigenvalue weighted by Crippen LogP contribution is 2.40. The summed E-state index contributed by atoms with van der Waals surface area (Å²) in [5, 5.41) is 0.774. The van der Waals surface area contributed by atoms with Gasteiger partial charge in [0, 0.05) is 28.2 Å². The van der Waals surface area contributed by atoms with Gasteiger partial charge in [0.05, 0.1) is 11.9 Å². The molecule has 2 aliphatic carbocycles. The lowest BCUT2D eigenvalue weighted by Gasteiger charge is -2.32. The Labute approximate surface area is 244 Å². The van der Waals surface area contributed by atoms with Crippen molar-refractivity contribution >= 4 is 46.7 Å². The second-order valence-corrected chi connectivity index (χ2v) is 14.2. The number of ketones is 1. The van der Waals surface area contributed by atoms with E-state index in [0.717, 1.165) is 49.1 Å². The lowest BCUT2D eigenvalue weighted by molar-refractivity contribution is -0.787. The largest absolute Gasteiger partial charge is 0.789 e. The minimum absolute atomic E-state index is 0.0369. The summed E-state index contributed by atoms with van der Waals surface area (Å²) < 4.78 is 0. The number of anilines is 1. The predicted molar refractivity (Wildman–Crippen MR) is 165 cm³/mol. The lowest BCUT2D eigenvalue weighted by atomic mass is 9.96. The first-order valence-electron chi connectivity index (χ1n) is 14.4. The number of quaternary nitrogens is 1. The van der Waals surface area contributed by atoms with Crippen molar-refractivity contribution in [3.8, 4) is 0 Å². The van der Waals surface area contributed by atoms with Gasteiger partial charge >= 0.3 is 0 Å². The summed E-state index contributed by atoms with van der Waals surface area (Å²) in [5.74, 6) is 0.363. The third-order valence-corrected chi connectivity index (χ3v) is 10.7. The van der Waals surface area contributed by atoms with Crippen LogP contribution in [0.1, 0.15) is 71.9 Å². The van der Waals surface area contributed by atoms with E-state index in [2.05, 4.69) is 83.1 Å². The van der Waals surface area contributed by atoms with Crippen LogP contribution in [0, 0.1) is 53.4 Å². The molecule has 5 rings (SSSR count). The molecule has 2 unspecified atom stereocenters. The van der Waals surface area contributed by atoms with Crippen LogP contribution in [0.25, 0.3) is 0 Å². The van der Waals surface area contributed by atoms with Gasteiger partial charge in [-0.05, 0) is 78.4 Å². The molecule has 2 fully saturated rings. The van der Waals surface area contributed by atoms with E-state index in [-0.39, 0.29) is 34.3 Å². The molecule has 39 heavy (non-hydrogen) atoms. The van der Waals surface area contributed by atoms with Gasteiger partial charge in [-0.15, -0.1) is 0 Å². The van der Waals surface area contributed by atoms with Gasteiger partial charge in [0.1, 0.15) is 11.9 Å². The second kappa shape index (κ2) is 11.5. The van der Waals surface area contributed by atoms with Crippen molar-refractivity contribution in [3.63, 3.8) is 0 Å². The molecule has 1 aliphatic heterocycles. The Hall–Kier alpha value is -2.02. The summed E-state index contributed by atoms with van der Waals surface area (Å²) in [6.07, 6.45) is 9.27. The average Bonchev–Trinajstić information content (AvgIpc) is 3.58. The first-order chi connectivity index (χ1) is 18.5. The monoisotopic (exact) mass is 562 g/mol. The Balaban J connectivity index is 1.43. The van der Waals surface area contributed by atoms with Gasteiger partial charge in [-0.2, -0.15) is 5.25 Å². The summed E-state index contributed by atoms with van der Waals surface area (Å²) in [7, 11) is 0. The fraction of sp³-hybridized carbons (Fsp3) is 0.515. The zero-order valence-electron chi connectivity index (χ0n) is 24.2. The lowest BCUT2D eigenvalue weighted by Crippen LogP contribution is -3.09. The van der Waals surface area contributed by atoms with Gasteiger partial charge in [0.25, 0.3) is 0 Å². The molecular formula is C33H42N2O2S2. The molecule has 0 amide bonds. The maximum Gasteiger partial charge on any atom is 0.236 e. The molecule has 4 nitrogen and oxygen atoms in total. The minimum Gasteiger partial charge on any atom is -0.789 e. The number of thioether (sulfide) groups is 1. The van der Waals surface area contributed by atoms with Crippen LogP contribution < -0.4 is 9.80 Å². The van der Waals surface area contributed by atoms with Gasteiger partial charge in [-0.25, -0.2) is 4.90 Å². The molecule has 0 saturated heterocycles. The molecule has 0 bridgehead atoms. The van der Waals surface area contributed by atoms with Crippen LogP contribution in [0.5, 0.6) is 0 Å². The van der Waals surface area contributed by atoms with Gasteiger partial charge in [0.2, 0.25) is 11.9 Å². The number of nitrogens with zero attached hydrogens (tertiary/aromatic N) is 1. The summed E-state index contributed by atoms with van der Waals surface area (Å²) >= 11 is 6.93. The number of hydrogen-bond donors (Lipinski definition) is 1. The smallest absolute Gasteiger partial charge is 0.236 e. The second-order valence-electron chi connectivity index (χ2n) is 12.2. The quantitative estimate of drug-likeness (QED) is 0.432. The van der Waals surface area contributed by atoms with Gasteiger partial charge in [0.15, 0.2) is 5.12 Å². The Kier molecular flexibility index (Phi) is 8.38. The fourth-order valence-electron chi connectivity index (χ4n) is 7.36. The van der Waals surface area contributed by atoms with Crippen molar-refractivity contribution < 1.29 is 14.5 Å². The van der Waals surface area contributed by atoms with Crippen LogP contribution >= 0.6 is 11.8 Å². The number of carbonyl (C=O) groups is 2. The number of carbonyl (C=O) groups excluding carboxylic acids is 2. The number of hydrogen-bond acceptors (Lipinski definition) is 5. The Morgan fingerprint density at radius 1 is 0.821 bits per heavy atom. The topological polar surface area (TPSA) is 41.8 Å². The number of nitrogens with one attached hydrogen (secondary N) is 1. The first-order valence-corrected chi connectivity index (χ1v) is 15.8. The van der Waals surface area contributed by atoms with Crippen LogP contribution in [0.4, 0.5) is 11.4 Å². The van der Waals surface area contributed by atoms with Crippen molar-refractivity contribution in [3.05, 3.63) is 70.0 Å². The third-order valence-electron chi connectivity index (χ3n) is 8.90. The molecule has 2 aromatic carbocycles. The highest BCUT2D eigenvalue weighted by atomic mass is 32.2. The van der Waals surface area contributed by atoms with E-state index in [4.69, 9.17) is 12.6 Å². The van der Waals surface area contributed by atoms with E-state index in [1.807, 2.05) is 0 Å². The molecule has 0 radical (unpaired) electrons. The molecule has 1 N–H and O–H groups in total. The van der Waals surface area contributed by atoms with E-state index in [1.54, 1.807) is 0 Å². The summed E-state index contributed by atoms with van der Waals surface area (Å²) in [4.78, 5) is 30.8. The molecule has 0 aromatic heterocycles. The first kappa shape index (κ1) is 28.5. The molecule has 3 aliphatic rings. The Morgan fingerprint density at radius 2 is 1.41 bits per heavy atom. The molecule has 0 spiro atoms. The van der Waals surface area contributed by atoms with Crippen LogP contribution in [0.2, 0.25) is 0 Å². The molecule has 6 atom stereocenters. The van der Waals surface area contributed by atoms with Gasteiger partial charge in [-0.1, -0.05) is 60.0 Å². The highest BCUT2D eigenvalue weighted by Gasteiger charge is 2.46. The summed E-state index contributed by atoms with van der Waals surface area (Å²) in [6, 6.07) is 8.87. The standard InChI is InChI=1S/C33H42N2O2S2/c1-19-13-21(3)29(22(4)14-19)34-11-12-35(30-23(5)15-20(2)16-24(30)6)32(34)31(36)25-8-10-28(18-25)39-33(37)26-7-9-27(38)17-26/h11-16,25-28,32,38H,7-10,17-18H2,1-6H3/t25-,26+,27-,28+/m0/s1. The van der Waals surface area contributed by atoms with E-state index in [9.17, 15) is 9.59 Å².